The van der Waals surface area contributed by atoms with Crippen molar-refractivity contribution in [2.24, 2.45) is 5.92 Å². The second-order valence-electron chi connectivity index (χ2n) is 10.4. The lowest BCUT2D eigenvalue weighted by molar-refractivity contribution is -0.138. The zero-order valence-electron chi connectivity index (χ0n) is 22.2. The molecule has 5 rings (SSSR count). The predicted molar refractivity (Wildman–Crippen MR) is 152 cm³/mol. The lowest BCUT2D eigenvalue weighted by Gasteiger charge is -2.32. The second-order valence-corrected chi connectivity index (χ2v) is 11.2. The van der Waals surface area contributed by atoms with Crippen molar-refractivity contribution in [3.05, 3.63) is 58.1 Å². The molecule has 0 atom stereocenters. The van der Waals surface area contributed by atoms with Crippen LogP contribution in [0.1, 0.15) is 24.8 Å². The Morgan fingerprint density at radius 2 is 1.68 bits per heavy atom. The highest BCUT2D eigenvalue weighted by Gasteiger charge is 2.24. The number of aromatic nitrogens is 3. The highest BCUT2D eigenvalue weighted by Crippen LogP contribution is 2.33. The van der Waals surface area contributed by atoms with Gasteiger partial charge in [-0.1, -0.05) is 23.2 Å². The molecule has 2 aliphatic rings. The number of rotatable bonds is 8. The molecule has 2 fully saturated rings. The van der Waals surface area contributed by atoms with E-state index in [9.17, 15) is 4.79 Å². The van der Waals surface area contributed by atoms with Gasteiger partial charge in [-0.05, 0) is 63.2 Å². The molecule has 0 amide bonds. The SMILES string of the molecule is CN1CCN(c2ncc(Oc3nc(-c4cc(Cl)cc(Cl)c4)cc(CN4CCC(CC(=O)O)CC4)c3F)cn2)CC1. The van der Waals surface area contributed by atoms with Gasteiger partial charge >= 0.3 is 5.97 Å². The summed E-state index contributed by atoms with van der Waals surface area (Å²) in [5.74, 6) is -0.555. The third kappa shape index (κ3) is 7.17. The molecular weight excluding hydrogens is 558 g/mol. The number of carboxylic acids is 1. The summed E-state index contributed by atoms with van der Waals surface area (Å²) in [6.45, 7) is 5.19. The van der Waals surface area contributed by atoms with Crippen LogP contribution in [-0.4, -0.2) is 82.1 Å². The number of carboxylic acid groups (broad SMARTS) is 1. The first kappa shape index (κ1) is 28.5. The number of piperidine rings is 1. The molecule has 1 aromatic carbocycles. The van der Waals surface area contributed by atoms with Crippen molar-refractivity contribution in [1.29, 1.82) is 0 Å². The number of piperazine rings is 1. The van der Waals surface area contributed by atoms with Gasteiger partial charge in [-0.2, -0.15) is 0 Å². The van der Waals surface area contributed by atoms with Gasteiger partial charge in [0.05, 0.1) is 18.1 Å². The Morgan fingerprint density at radius 3 is 2.30 bits per heavy atom. The van der Waals surface area contributed by atoms with Crippen molar-refractivity contribution in [2.45, 2.75) is 25.8 Å². The van der Waals surface area contributed by atoms with E-state index in [0.717, 1.165) is 39.0 Å². The number of likely N-dealkylation sites (tertiary alicyclic amines) is 1. The first-order valence-electron chi connectivity index (χ1n) is 13.3. The lowest BCUT2D eigenvalue weighted by Crippen LogP contribution is -2.45. The number of benzene rings is 1. The van der Waals surface area contributed by atoms with E-state index < -0.39 is 11.8 Å². The zero-order chi connectivity index (χ0) is 28.2. The van der Waals surface area contributed by atoms with Crippen molar-refractivity contribution in [1.82, 2.24) is 24.8 Å². The summed E-state index contributed by atoms with van der Waals surface area (Å²) in [4.78, 5) is 30.9. The third-order valence-corrected chi connectivity index (χ3v) is 7.78. The Hall–Kier alpha value is -3.05. The molecule has 0 bridgehead atoms. The minimum atomic E-state index is -0.786. The number of hydrogen-bond donors (Lipinski definition) is 1. The molecule has 40 heavy (non-hydrogen) atoms. The molecule has 0 radical (unpaired) electrons. The quantitative estimate of drug-likeness (QED) is 0.380. The summed E-state index contributed by atoms with van der Waals surface area (Å²) in [6, 6.07) is 6.73. The van der Waals surface area contributed by atoms with Crippen LogP contribution in [0.5, 0.6) is 11.6 Å². The minimum absolute atomic E-state index is 0.132. The van der Waals surface area contributed by atoms with Gasteiger partial charge in [-0.25, -0.2) is 19.3 Å². The summed E-state index contributed by atoms with van der Waals surface area (Å²) in [5, 5.41) is 9.98. The summed E-state index contributed by atoms with van der Waals surface area (Å²) < 4.78 is 21.7. The molecule has 0 spiro atoms. The van der Waals surface area contributed by atoms with Crippen molar-refractivity contribution >= 4 is 35.1 Å². The number of halogens is 3. The van der Waals surface area contributed by atoms with Gasteiger partial charge < -0.3 is 19.6 Å². The van der Waals surface area contributed by atoms with E-state index >= 15 is 4.39 Å². The molecule has 0 unspecified atom stereocenters. The zero-order valence-corrected chi connectivity index (χ0v) is 23.7. The van der Waals surface area contributed by atoms with Crippen LogP contribution >= 0.6 is 23.2 Å². The third-order valence-electron chi connectivity index (χ3n) is 7.34. The molecule has 3 aromatic rings. The Balaban J connectivity index is 1.39. The van der Waals surface area contributed by atoms with Crippen LogP contribution in [0.2, 0.25) is 10.0 Å². The fourth-order valence-corrected chi connectivity index (χ4v) is 5.59. The van der Waals surface area contributed by atoms with Crippen LogP contribution in [0.4, 0.5) is 10.3 Å². The highest BCUT2D eigenvalue weighted by molar-refractivity contribution is 6.35. The van der Waals surface area contributed by atoms with Crippen molar-refractivity contribution in [3.8, 4) is 22.9 Å². The highest BCUT2D eigenvalue weighted by atomic mass is 35.5. The number of likely N-dealkylation sites (N-methyl/N-ethyl adjacent to an activating group) is 1. The average molecular weight is 589 g/mol. The number of pyridine rings is 1. The number of anilines is 1. The van der Waals surface area contributed by atoms with Crippen molar-refractivity contribution in [3.63, 3.8) is 0 Å². The van der Waals surface area contributed by atoms with Gasteiger partial charge in [0.1, 0.15) is 0 Å². The first-order valence-corrected chi connectivity index (χ1v) is 14.0. The van der Waals surface area contributed by atoms with E-state index in [4.69, 9.17) is 33.0 Å². The van der Waals surface area contributed by atoms with E-state index in [1.807, 2.05) is 0 Å². The largest absolute Gasteiger partial charge is 0.481 e. The smallest absolute Gasteiger partial charge is 0.303 e. The normalized spacial score (nSPS) is 17.2. The van der Waals surface area contributed by atoms with Gasteiger partial charge in [0, 0.05) is 60.3 Å². The predicted octanol–water partition coefficient (Wildman–Crippen LogP) is 5.22. The standard InChI is InChI=1S/C28H31Cl2FN6O3/c1-35-6-8-37(9-7-35)28-32-15-23(16-33-28)40-27-26(31)20(17-36-4-2-18(3-5-36)10-25(38)39)13-24(34-27)19-11-21(29)14-22(30)12-19/h11-16,18H,2-10,17H2,1H3,(H,38,39). The Morgan fingerprint density at radius 1 is 1.02 bits per heavy atom. The van der Waals surface area contributed by atoms with E-state index in [-0.39, 0.29) is 24.0 Å². The van der Waals surface area contributed by atoms with Gasteiger partial charge in [-0.3, -0.25) is 9.69 Å². The molecule has 1 N–H and O–H groups in total. The Labute approximate surface area is 242 Å². The van der Waals surface area contributed by atoms with Crippen LogP contribution in [-0.2, 0) is 11.3 Å². The minimum Gasteiger partial charge on any atom is -0.481 e. The van der Waals surface area contributed by atoms with Crippen LogP contribution < -0.4 is 9.64 Å². The van der Waals surface area contributed by atoms with E-state index in [1.165, 1.54) is 12.4 Å². The van der Waals surface area contributed by atoms with Gasteiger partial charge in [-0.15, -0.1) is 0 Å². The molecule has 2 aromatic heterocycles. The number of ether oxygens (including phenoxy) is 1. The van der Waals surface area contributed by atoms with E-state index in [0.29, 0.717) is 52.4 Å². The number of hydrogen-bond acceptors (Lipinski definition) is 8. The molecule has 2 aliphatic heterocycles. The molecule has 2 saturated heterocycles. The first-order chi connectivity index (χ1) is 19.2. The summed E-state index contributed by atoms with van der Waals surface area (Å²) in [5.41, 5.74) is 1.50. The second kappa shape index (κ2) is 12.6. The number of aliphatic carboxylic acids is 1. The fraction of sp³-hybridized carbons (Fsp3) is 0.429. The maximum atomic E-state index is 15.8. The Bertz CT molecular complexity index is 1330. The molecule has 0 saturated carbocycles. The van der Waals surface area contributed by atoms with Gasteiger partial charge in [0.15, 0.2) is 11.6 Å². The number of nitrogens with zero attached hydrogens (tertiary/aromatic N) is 6. The monoisotopic (exact) mass is 588 g/mol. The summed E-state index contributed by atoms with van der Waals surface area (Å²) in [7, 11) is 2.08. The number of carbonyl (C=O) groups is 1. The van der Waals surface area contributed by atoms with Crippen LogP contribution in [0.3, 0.4) is 0 Å². The Kier molecular flexibility index (Phi) is 9.00. The molecular formula is C28H31Cl2FN6O3. The van der Waals surface area contributed by atoms with Crippen molar-refractivity contribution < 1.29 is 19.0 Å². The lowest BCUT2D eigenvalue weighted by atomic mass is 9.93. The maximum Gasteiger partial charge on any atom is 0.303 e. The molecule has 4 heterocycles. The van der Waals surface area contributed by atoms with Crippen LogP contribution in [0.15, 0.2) is 36.7 Å². The topological polar surface area (TPSA) is 94.9 Å². The van der Waals surface area contributed by atoms with E-state index in [1.54, 1.807) is 24.3 Å². The van der Waals surface area contributed by atoms with Gasteiger partial charge in [0.2, 0.25) is 5.95 Å². The average Bonchev–Trinajstić information content (AvgIpc) is 2.92. The van der Waals surface area contributed by atoms with Gasteiger partial charge in [0.25, 0.3) is 5.88 Å². The van der Waals surface area contributed by atoms with Crippen LogP contribution in [0.25, 0.3) is 11.3 Å². The van der Waals surface area contributed by atoms with Crippen LogP contribution in [0, 0.1) is 11.7 Å². The van der Waals surface area contributed by atoms with Crippen molar-refractivity contribution in [2.75, 3.05) is 51.2 Å². The molecule has 9 nitrogen and oxygen atoms in total. The summed E-state index contributed by atoms with van der Waals surface area (Å²) >= 11 is 12.5. The molecule has 212 valence electrons. The maximum absolute atomic E-state index is 15.8. The van der Waals surface area contributed by atoms with E-state index in [2.05, 4.69) is 36.7 Å². The fourth-order valence-electron chi connectivity index (χ4n) is 5.07. The molecule has 0 aliphatic carbocycles. The molecule has 12 heteroatoms. The summed E-state index contributed by atoms with van der Waals surface area (Å²) in [6.07, 6.45) is 4.70.